The van der Waals surface area contributed by atoms with Crippen molar-refractivity contribution in [1.29, 1.82) is 0 Å². The Kier molecular flexibility index (Phi) is 2.90. The lowest BCUT2D eigenvalue weighted by Crippen LogP contribution is -2.12. The van der Waals surface area contributed by atoms with Gasteiger partial charge in [0, 0.05) is 6.54 Å². The van der Waals surface area contributed by atoms with Crippen LogP contribution in [0.15, 0.2) is 12.4 Å². The summed E-state index contributed by atoms with van der Waals surface area (Å²) in [6, 6.07) is 0. The molecule has 0 saturated carbocycles. The Bertz CT molecular complexity index is 496. The molecule has 84 valence electrons. The van der Waals surface area contributed by atoms with E-state index in [-0.39, 0.29) is 12.4 Å². The Hall–Kier alpha value is -2.25. The Labute approximate surface area is 90.6 Å². The van der Waals surface area contributed by atoms with Crippen LogP contribution in [0.2, 0.25) is 0 Å². The highest BCUT2D eigenvalue weighted by atomic mass is 16.5. The van der Waals surface area contributed by atoms with Crippen LogP contribution in [0.3, 0.4) is 0 Å². The summed E-state index contributed by atoms with van der Waals surface area (Å²) in [7, 11) is 1.35. The molecule has 0 aliphatic rings. The van der Waals surface area contributed by atoms with Gasteiger partial charge in [0.15, 0.2) is 5.65 Å². The number of nitrogens with one attached hydrogen (secondary N) is 1. The van der Waals surface area contributed by atoms with Gasteiger partial charge in [-0.1, -0.05) is 0 Å². The molecule has 2 rings (SSSR count). The first-order valence-electron chi connectivity index (χ1n) is 4.64. The van der Waals surface area contributed by atoms with Crippen molar-refractivity contribution in [2.75, 3.05) is 19.0 Å². The van der Waals surface area contributed by atoms with Crippen LogP contribution in [-0.2, 0) is 9.53 Å². The van der Waals surface area contributed by atoms with Crippen LogP contribution < -0.4 is 5.32 Å². The molecule has 2 aromatic rings. The maximum Gasteiger partial charge on any atom is 0.307 e. The average Bonchev–Trinajstić information content (AvgIpc) is 2.77. The molecule has 0 bridgehead atoms. The quantitative estimate of drug-likeness (QED) is 0.696. The topological polar surface area (TPSA) is 94.3 Å². The van der Waals surface area contributed by atoms with Crippen molar-refractivity contribution in [3.63, 3.8) is 0 Å². The molecule has 2 heterocycles. The molecule has 0 radical (unpaired) electrons. The fourth-order valence-electron chi connectivity index (χ4n) is 1.19. The zero-order valence-electron chi connectivity index (χ0n) is 8.62. The predicted octanol–water partition coefficient (Wildman–Crippen LogP) is -0.506. The lowest BCUT2D eigenvalue weighted by Gasteiger charge is -2.05. The van der Waals surface area contributed by atoms with Gasteiger partial charge in [0.25, 0.3) is 0 Å². The molecule has 0 fully saturated rings. The first kappa shape index (κ1) is 10.3. The minimum atomic E-state index is -0.274. The molecule has 2 aromatic heterocycles. The number of rotatable bonds is 4. The van der Waals surface area contributed by atoms with E-state index in [0.29, 0.717) is 18.0 Å². The van der Waals surface area contributed by atoms with E-state index in [4.69, 9.17) is 0 Å². The number of tetrazole rings is 1. The molecule has 0 unspecified atom stereocenters. The van der Waals surface area contributed by atoms with Gasteiger partial charge in [0.05, 0.1) is 25.9 Å². The van der Waals surface area contributed by atoms with E-state index >= 15 is 0 Å². The normalized spacial score (nSPS) is 10.3. The summed E-state index contributed by atoms with van der Waals surface area (Å²) in [5, 5.41) is 14.0. The molecule has 0 atom stereocenters. The highest BCUT2D eigenvalue weighted by molar-refractivity contribution is 5.69. The van der Waals surface area contributed by atoms with Gasteiger partial charge in [0.1, 0.15) is 5.82 Å². The smallest absolute Gasteiger partial charge is 0.307 e. The third-order valence-corrected chi connectivity index (χ3v) is 1.97. The minimum absolute atomic E-state index is 0.273. The van der Waals surface area contributed by atoms with Crippen LogP contribution >= 0.6 is 0 Å². The second kappa shape index (κ2) is 4.51. The molecule has 16 heavy (non-hydrogen) atoms. The van der Waals surface area contributed by atoms with Crippen LogP contribution in [0.1, 0.15) is 6.42 Å². The molecule has 8 heteroatoms. The largest absolute Gasteiger partial charge is 0.469 e. The van der Waals surface area contributed by atoms with Crippen LogP contribution in [0.25, 0.3) is 5.65 Å². The monoisotopic (exact) mass is 222 g/mol. The maximum atomic E-state index is 10.9. The number of hydrogen-bond acceptors (Lipinski definition) is 7. The second-order valence-corrected chi connectivity index (χ2v) is 2.99. The predicted molar refractivity (Wildman–Crippen MR) is 53.7 cm³/mol. The summed E-state index contributed by atoms with van der Waals surface area (Å²) in [4.78, 5) is 14.9. The number of fused-ring (bicyclic) bond motifs is 1. The number of carbonyl (C=O) groups excluding carboxylic acids is 1. The van der Waals surface area contributed by atoms with E-state index in [1.54, 1.807) is 12.4 Å². The third kappa shape index (κ3) is 2.05. The Morgan fingerprint density at radius 1 is 1.56 bits per heavy atom. The Balaban J connectivity index is 2.04. The molecule has 0 spiro atoms. The molecular weight excluding hydrogens is 212 g/mol. The highest BCUT2D eigenvalue weighted by Crippen LogP contribution is 2.05. The lowest BCUT2D eigenvalue weighted by atomic mass is 10.4. The zero-order chi connectivity index (χ0) is 11.4. The number of anilines is 1. The molecule has 0 amide bonds. The summed E-state index contributed by atoms with van der Waals surface area (Å²) >= 11 is 0. The van der Waals surface area contributed by atoms with Crippen molar-refractivity contribution in [3.8, 4) is 0 Å². The second-order valence-electron chi connectivity index (χ2n) is 2.99. The summed E-state index contributed by atoms with van der Waals surface area (Å²) in [6.07, 6.45) is 3.40. The van der Waals surface area contributed by atoms with E-state index in [1.165, 1.54) is 11.6 Å². The number of carbonyl (C=O) groups is 1. The van der Waals surface area contributed by atoms with Crippen molar-refractivity contribution in [3.05, 3.63) is 12.4 Å². The standard InChI is InChI=1S/C8H10N6O2/c1-16-8(15)2-3-10-6-4-9-5-7-11-12-13-14(6)7/h4-5,10H,2-3H2,1H3. The fraction of sp³-hybridized carbons (Fsp3) is 0.375. The first-order valence-corrected chi connectivity index (χ1v) is 4.64. The van der Waals surface area contributed by atoms with Gasteiger partial charge >= 0.3 is 5.97 Å². The van der Waals surface area contributed by atoms with E-state index in [9.17, 15) is 4.79 Å². The first-order chi connectivity index (χ1) is 7.81. The number of hydrogen-bond donors (Lipinski definition) is 1. The molecule has 1 N–H and O–H groups in total. The molecule has 0 saturated heterocycles. The van der Waals surface area contributed by atoms with Crippen LogP contribution in [0.5, 0.6) is 0 Å². The van der Waals surface area contributed by atoms with E-state index in [0.717, 1.165) is 0 Å². The van der Waals surface area contributed by atoms with Crippen LogP contribution in [-0.4, -0.2) is 44.6 Å². The summed E-state index contributed by atoms with van der Waals surface area (Å²) in [6.45, 7) is 0.438. The zero-order valence-corrected chi connectivity index (χ0v) is 8.62. The Morgan fingerprint density at radius 3 is 3.25 bits per heavy atom. The minimum Gasteiger partial charge on any atom is -0.469 e. The van der Waals surface area contributed by atoms with Crippen molar-refractivity contribution in [1.82, 2.24) is 25.0 Å². The van der Waals surface area contributed by atoms with Crippen molar-refractivity contribution in [2.24, 2.45) is 0 Å². The summed E-state index contributed by atoms with van der Waals surface area (Å²) in [5.74, 6) is 0.357. The van der Waals surface area contributed by atoms with Crippen LogP contribution in [0, 0.1) is 0 Å². The van der Waals surface area contributed by atoms with E-state index in [1.807, 2.05) is 0 Å². The summed E-state index contributed by atoms with van der Waals surface area (Å²) < 4.78 is 6.02. The van der Waals surface area contributed by atoms with E-state index < -0.39 is 0 Å². The lowest BCUT2D eigenvalue weighted by molar-refractivity contribution is -0.140. The number of ether oxygens (including phenoxy) is 1. The number of esters is 1. The molecule has 0 aliphatic heterocycles. The van der Waals surface area contributed by atoms with E-state index in [2.05, 4.69) is 30.6 Å². The molecular formula is C8H10N6O2. The maximum absolute atomic E-state index is 10.9. The van der Waals surface area contributed by atoms with Gasteiger partial charge in [-0.05, 0) is 10.4 Å². The van der Waals surface area contributed by atoms with Gasteiger partial charge in [-0.2, -0.15) is 4.52 Å². The van der Waals surface area contributed by atoms with Gasteiger partial charge in [-0.15, -0.1) is 5.10 Å². The fourth-order valence-corrected chi connectivity index (χ4v) is 1.19. The summed E-state index contributed by atoms with van der Waals surface area (Å²) in [5.41, 5.74) is 0.545. The molecule has 0 aromatic carbocycles. The third-order valence-electron chi connectivity index (χ3n) is 1.97. The van der Waals surface area contributed by atoms with Gasteiger partial charge in [-0.25, -0.2) is 0 Å². The molecule has 8 nitrogen and oxygen atoms in total. The number of aromatic nitrogens is 5. The van der Waals surface area contributed by atoms with Crippen molar-refractivity contribution in [2.45, 2.75) is 6.42 Å². The highest BCUT2D eigenvalue weighted by Gasteiger charge is 2.04. The molecule has 0 aliphatic carbocycles. The van der Waals surface area contributed by atoms with Gasteiger partial charge in [-0.3, -0.25) is 9.78 Å². The SMILES string of the molecule is COC(=O)CCNc1cncc2nnnn12. The Morgan fingerprint density at radius 2 is 2.44 bits per heavy atom. The van der Waals surface area contributed by atoms with Crippen molar-refractivity contribution >= 4 is 17.4 Å². The number of methoxy groups -OCH3 is 1. The van der Waals surface area contributed by atoms with Crippen LogP contribution in [0.4, 0.5) is 5.82 Å². The average molecular weight is 222 g/mol. The van der Waals surface area contributed by atoms with Crippen molar-refractivity contribution < 1.29 is 9.53 Å². The van der Waals surface area contributed by atoms with Gasteiger partial charge < -0.3 is 10.1 Å². The number of nitrogens with zero attached hydrogens (tertiary/aromatic N) is 5. The van der Waals surface area contributed by atoms with Gasteiger partial charge in [0.2, 0.25) is 0 Å².